The molecule has 0 radical (unpaired) electrons. The second-order valence-corrected chi connectivity index (χ2v) is 10.7. The molecule has 9 nitrogen and oxygen atoms in total. The van der Waals surface area contributed by atoms with Crippen LogP contribution < -0.4 is 15.5 Å². The Morgan fingerprint density at radius 3 is 2.56 bits per heavy atom. The molecule has 1 unspecified atom stereocenters. The molecule has 2 saturated heterocycles. The van der Waals surface area contributed by atoms with E-state index >= 15 is 0 Å². The van der Waals surface area contributed by atoms with Crippen LogP contribution in [0.3, 0.4) is 0 Å². The van der Waals surface area contributed by atoms with Gasteiger partial charge in [-0.15, -0.1) is 0 Å². The third-order valence-electron chi connectivity index (χ3n) is 6.70. The number of likely N-dealkylation sites (tertiary alicyclic amines) is 1. The van der Waals surface area contributed by atoms with Gasteiger partial charge in [0.1, 0.15) is 11.7 Å². The van der Waals surface area contributed by atoms with Gasteiger partial charge >= 0.3 is 6.09 Å². The van der Waals surface area contributed by atoms with Crippen LogP contribution in [0.25, 0.3) is 0 Å². The number of carbonyl (C=O) groups is 1. The first-order chi connectivity index (χ1) is 17.2. The number of hydrogen-bond donors (Lipinski definition) is 2. The van der Waals surface area contributed by atoms with Gasteiger partial charge in [0, 0.05) is 12.2 Å². The molecule has 0 bridgehead atoms. The van der Waals surface area contributed by atoms with E-state index in [2.05, 4.69) is 50.8 Å². The maximum atomic E-state index is 13.2. The Hall–Kier alpha value is -3.22. The van der Waals surface area contributed by atoms with Crippen molar-refractivity contribution in [2.24, 2.45) is 0 Å². The van der Waals surface area contributed by atoms with E-state index in [-0.39, 0.29) is 11.7 Å². The van der Waals surface area contributed by atoms with Crippen LogP contribution >= 0.6 is 0 Å². The van der Waals surface area contributed by atoms with Gasteiger partial charge in [-0.1, -0.05) is 12.1 Å². The van der Waals surface area contributed by atoms with Gasteiger partial charge in [-0.2, -0.15) is 5.26 Å². The Bertz CT molecular complexity index is 1080. The molecule has 9 heteroatoms. The molecule has 2 aliphatic heterocycles. The average Bonchev–Trinajstić information content (AvgIpc) is 2.85. The normalized spacial score (nSPS) is 19.4. The average molecular weight is 492 g/mol. The van der Waals surface area contributed by atoms with Gasteiger partial charge in [-0.3, -0.25) is 4.90 Å². The number of benzene rings is 1. The minimum atomic E-state index is -0.645. The van der Waals surface area contributed by atoms with Crippen LogP contribution in [0, 0.1) is 11.3 Å². The molecule has 192 valence electrons. The van der Waals surface area contributed by atoms with Gasteiger partial charge in [0.15, 0.2) is 17.3 Å². The van der Waals surface area contributed by atoms with E-state index in [0.29, 0.717) is 24.1 Å². The lowest BCUT2D eigenvalue weighted by molar-refractivity contribution is 0.0559. The highest BCUT2D eigenvalue weighted by atomic mass is 16.6. The molecule has 2 N–H and O–H groups in total. The number of nitrogens with one attached hydrogen (secondary N) is 2. The summed E-state index contributed by atoms with van der Waals surface area (Å²) in [6.07, 6.45) is 5.10. The van der Waals surface area contributed by atoms with E-state index in [9.17, 15) is 10.1 Å². The maximum absolute atomic E-state index is 13.2. The number of hydrogen-bond acceptors (Lipinski definition) is 8. The van der Waals surface area contributed by atoms with Crippen molar-refractivity contribution in [2.75, 3.05) is 43.4 Å². The topological polar surface area (TPSA) is 106 Å². The standard InChI is InChI=1S/C27H37N7O2/c1-27(2,3)36-26(35)34(22-6-5-13-29-17-22)24-18-30-23(16-28)25(32-24)31-21-9-7-19(8-10-21)20-11-14-33(4)15-12-20/h7-10,18,20,22,29H,5-6,11-15,17H2,1-4H3,(H,31,32). The van der Waals surface area contributed by atoms with Crippen molar-refractivity contribution in [1.29, 1.82) is 5.26 Å². The predicted octanol–water partition coefficient (Wildman–Crippen LogP) is 4.39. The number of nitrogens with zero attached hydrogens (tertiary/aromatic N) is 5. The summed E-state index contributed by atoms with van der Waals surface area (Å²) >= 11 is 0. The number of aromatic nitrogens is 2. The van der Waals surface area contributed by atoms with Gasteiger partial charge in [-0.25, -0.2) is 14.8 Å². The van der Waals surface area contributed by atoms with E-state index in [4.69, 9.17) is 4.74 Å². The molecule has 1 aromatic carbocycles. The molecule has 36 heavy (non-hydrogen) atoms. The Morgan fingerprint density at radius 2 is 1.94 bits per heavy atom. The zero-order valence-corrected chi connectivity index (χ0v) is 21.8. The summed E-state index contributed by atoms with van der Waals surface area (Å²) in [4.78, 5) is 26.2. The Balaban J connectivity index is 1.57. The van der Waals surface area contributed by atoms with Gasteiger partial charge in [0.25, 0.3) is 0 Å². The van der Waals surface area contributed by atoms with Crippen molar-refractivity contribution < 1.29 is 9.53 Å². The molecule has 0 spiro atoms. The van der Waals surface area contributed by atoms with Crippen LogP contribution in [-0.4, -0.2) is 65.8 Å². The summed E-state index contributed by atoms with van der Waals surface area (Å²) in [5, 5.41) is 16.3. The number of carbonyl (C=O) groups excluding carboxylic acids is 1. The minimum Gasteiger partial charge on any atom is -0.443 e. The van der Waals surface area contributed by atoms with Crippen molar-refractivity contribution in [2.45, 2.75) is 64.0 Å². The fourth-order valence-corrected chi connectivity index (χ4v) is 4.78. The molecule has 2 fully saturated rings. The lowest BCUT2D eigenvalue weighted by Gasteiger charge is -2.35. The fourth-order valence-electron chi connectivity index (χ4n) is 4.78. The lowest BCUT2D eigenvalue weighted by Crippen LogP contribution is -2.50. The van der Waals surface area contributed by atoms with E-state index in [0.717, 1.165) is 51.0 Å². The van der Waals surface area contributed by atoms with E-state index < -0.39 is 11.7 Å². The summed E-state index contributed by atoms with van der Waals surface area (Å²) in [7, 11) is 2.17. The fraction of sp³-hybridized carbons (Fsp3) is 0.556. The van der Waals surface area contributed by atoms with Crippen molar-refractivity contribution >= 4 is 23.4 Å². The molecule has 3 heterocycles. The van der Waals surface area contributed by atoms with Gasteiger partial charge < -0.3 is 20.3 Å². The van der Waals surface area contributed by atoms with Crippen LogP contribution in [0.5, 0.6) is 0 Å². The molecule has 0 saturated carbocycles. The number of nitriles is 1. The number of rotatable bonds is 5. The Morgan fingerprint density at radius 1 is 1.22 bits per heavy atom. The quantitative estimate of drug-likeness (QED) is 0.634. The number of ether oxygens (including phenoxy) is 1. The van der Waals surface area contributed by atoms with Crippen molar-refractivity contribution in [1.82, 2.24) is 20.2 Å². The lowest BCUT2D eigenvalue weighted by atomic mass is 9.89. The van der Waals surface area contributed by atoms with E-state index in [1.165, 1.54) is 11.8 Å². The summed E-state index contributed by atoms with van der Waals surface area (Å²) in [6, 6.07) is 10.3. The Labute approximate surface area is 213 Å². The van der Waals surface area contributed by atoms with Crippen LogP contribution in [0.2, 0.25) is 0 Å². The van der Waals surface area contributed by atoms with Crippen LogP contribution in [0.1, 0.15) is 63.6 Å². The van der Waals surface area contributed by atoms with Crippen LogP contribution in [0.15, 0.2) is 30.5 Å². The second kappa shape index (κ2) is 11.2. The first-order valence-electron chi connectivity index (χ1n) is 12.8. The SMILES string of the molecule is CN1CCC(c2ccc(Nc3nc(N(C(=O)OC(C)(C)C)C4CCCNC4)cnc3C#N)cc2)CC1. The molecular formula is C27H37N7O2. The molecule has 1 amide bonds. The van der Waals surface area contributed by atoms with Gasteiger partial charge in [0.05, 0.1) is 12.2 Å². The highest BCUT2D eigenvalue weighted by molar-refractivity contribution is 5.87. The molecule has 2 aromatic rings. The summed E-state index contributed by atoms with van der Waals surface area (Å²) < 4.78 is 5.70. The minimum absolute atomic E-state index is 0.113. The van der Waals surface area contributed by atoms with Crippen LogP contribution in [-0.2, 0) is 4.74 Å². The Kier molecular flexibility index (Phi) is 8.07. The zero-order chi connectivity index (χ0) is 25.7. The zero-order valence-electron chi connectivity index (χ0n) is 21.8. The van der Waals surface area contributed by atoms with E-state index in [1.807, 2.05) is 32.9 Å². The highest BCUT2D eigenvalue weighted by Gasteiger charge is 2.32. The highest BCUT2D eigenvalue weighted by Crippen LogP contribution is 2.30. The first kappa shape index (κ1) is 25.9. The van der Waals surface area contributed by atoms with Gasteiger partial charge in [0.2, 0.25) is 0 Å². The predicted molar refractivity (Wildman–Crippen MR) is 141 cm³/mol. The smallest absolute Gasteiger partial charge is 0.416 e. The summed E-state index contributed by atoms with van der Waals surface area (Å²) in [5.74, 6) is 1.25. The van der Waals surface area contributed by atoms with Crippen LogP contribution in [0.4, 0.5) is 22.1 Å². The van der Waals surface area contributed by atoms with E-state index in [1.54, 1.807) is 4.90 Å². The molecule has 2 aliphatic rings. The number of anilines is 3. The number of piperidine rings is 2. The third kappa shape index (κ3) is 6.50. The monoisotopic (exact) mass is 491 g/mol. The molecule has 1 aromatic heterocycles. The summed E-state index contributed by atoms with van der Waals surface area (Å²) in [6.45, 7) is 9.31. The molecule has 4 rings (SSSR count). The van der Waals surface area contributed by atoms with Gasteiger partial charge in [-0.05, 0) is 96.8 Å². The van der Waals surface area contributed by atoms with Crippen molar-refractivity contribution in [3.63, 3.8) is 0 Å². The summed E-state index contributed by atoms with van der Waals surface area (Å²) in [5.41, 5.74) is 1.67. The molecular weight excluding hydrogens is 454 g/mol. The largest absolute Gasteiger partial charge is 0.443 e. The van der Waals surface area contributed by atoms with Crippen molar-refractivity contribution in [3.05, 3.63) is 41.7 Å². The molecule has 0 aliphatic carbocycles. The third-order valence-corrected chi connectivity index (χ3v) is 6.70. The van der Waals surface area contributed by atoms with Crippen molar-refractivity contribution in [3.8, 4) is 6.07 Å². The maximum Gasteiger partial charge on any atom is 0.416 e. The molecule has 1 atom stereocenters. The first-order valence-corrected chi connectivity index (χ1v) is 12.8. The second-order valence-electron chi connectivity index (χ2n) is 10.7. The number of amides is 1.